The predicted octanol–water partition coefficient (Wildman–Crippen LogP) is 3.85. The second-order valence-corrected chi connectivity index (χ2v) is 5.39. The molecule has 0 fully saturated rings. The van der Waals surface area contributed by atoms with E-state index < -0.39 is 17.6 Å². The quantitative estimate of drug-likeness (QED) is 0.784. The first kappa shape index (κ1) is 16.7. The van der Waals surface area contributed by atoms with Crippen molar-refractivity contribution >= 4 is 11.7 Å². The van der Waals surface area contributed by atoms with Crippen LogP contribution in [0.2, 0.25) is 0 Å². The molecule has 1 aromatic carbocycles. The Morgan fingerprint density at radius 2 is 1.96 bits per heavy atom. The molecular formula is C17H13F3N4O. The van der Waals surface area contributed by atoms with Crippen molar-refractivity contribution in [2.45, 2.75) is 13.1 Å². The van der Waals surface area contributed by atoms with Crippen LogP contribution in [0.4, 0.5) is 19.0 Å². The number of carbonyl (C=O) groups excluding carboxylic acids is 1. The Morgan fingerprint density at radius 3 is 2.68 bits per heavy atom. The Morgan fingerprint density at radius 1 is 1.16 bits per heavy atom. The number of nitrogens with zero attached hydrogens (tertiary/aromatic N) is 3. The summed E-state index contributed by atoms with van der Waals surface area (Å²) in [5.41, 5.74) is 0.490. The van der Waals surface area contributed by atoms with Gasteiger partial charge < -0.3 is 9.88 Å². The maximum atomic E-state index is 12.8. The van der Waals surface area contributed by atoms with Gasteiger partial charge in [-0.2, -0.15) is 13.2 Å². The minimum absolute atomic E-state index is 0.0701. The highest BCUT2D eigenvalue weighted by Gasteiger charge is 2.30. The number of hydrogen-bond acceptors (Lipinski definition) is 3. The Bertz CT molecular complexity index is 918. The standard InChI is InChI=1S/C17H13F3N4O/c1-11-5-6-21-15(7-11)23-16(25)14-9-24(10-22-14)13-4-2-3-12(8-13)17(18,19)20/h2-10H,1H3,(H,21,23,25). The summed E-state index contributed by atoms with van der Waals surface area (Å²) in [6, 6.07) is 8.26. The van der Waals surface area contributed by atoms with Crippen molar-refractivity contribution in [1.29, 1.82) is 0 Å². The van der Waals surface area contributed by atoms with Crippen LogP contribution in [0, 0.1) is 6.92 Å². The van der Waals surface area contributed by atoms with Gasteiger partial charge in [-0.1, -0.05) is 6.07 Å². The van der Waals surface area contributed by atoms with E-state index in [1.165, 1.54) is 29.2 Å². The van der Waals surface area contributed by atoms with Gasteiger partial charge in [0.05, 0.1) is 5.56 Å². The lowest BCUT2D eigenvalue weighted by Crippen LogP contribution is -2.13. The minimum atomic E-state index is -4.44. The van der Waals surface area contributed by atoms with Gasteiger partial charge in [-0.15, -0.1) is 0 Å². The number of benzene rings is 1. The van der Waals surface area contributed by atoms with Crippen LogP contribution >= 0.6 is 0 Å². The largest absolute Gasteiger partial charge is 0.416 e. The van der Waals surface area contributed by atoms with Crippen LogP contribution in [0.1, 0.15) is 21.6 Å². The number of carbonyl (C=O) groups is 1. The number of alkyl halides is 3. The van der Waals surface area contributed by atoms with Gasteiger partial charge in [0.2, 0.25) is 0 Å². The van der Waals surface area contributed by atoms with Gasteiger partial charge in [0.15, 0.2) is 0 Å². The normalized spacial score (nSPS) is 11.4. The molecule has 0 aliphatic heterocycles. The molecule has 0 unspecified atom stereocenters. The number of anilines is 1. The first-order valence-electron chi connectivity index (χ1n) is 7.28. The number of halogens is 3. The number of nitrogens with one attached hydrogen (secondary N) is 1. The summed E-state index contributed by atoms with van der Waals surface area (Å²) in [6.45, 7) is 1.86. The van der Waals surface area contributed by atoms with Gasteiger partial charge in [-0.3, -0.25) is 4.79 Å². The monoisotopic (exact) mass is 346 g/mol. The number of hydrogen-bond donors (Lipinski definition) is 1. The smallest absolute Gasteiger partial charge is 0.305 e. The molecule has 3 rings (SSSR count). The fourth-order valence-electron chi connectivity index (χ4n) is 2.21. The molecule has 0 spiro atoms. The van der Waals surface area contributed by atoms with E-state index in [4.69, 9.17) is 0 Å². The van der Waals surface area contributed by atoms with E-state index in [1.807, 2.05) is 6.92 Å². The van der Waals surface area contributed by atoms with Gasteiger partial charge in [0.1, 0.15) is 17.8 Å². The maximum Gasteiger partial charge on any atom is 0.416 e. The topological polar surface area (TPSA) is 59.8 Å². The molecule has 2 aromatic heterocycles. The highest BCUT2D eigenvalue weighted by atomic mass is 19.4. The molecule has 0 saturated heterocycles. The molecule has 1 amide bonds. The third-order valence-corrected chi connectivity index (χ3v) is 3.44. The Balaban J connectivity index is 1.82. The zero-order chi connectivity index (χ0) is 18.0. The first-order valence-corrected chi connectivity index (χ1v) is 7.28. The molecule has 25 heavy (non-hydrogen) atoms. The van der Waals surface area contributed by atoms with Crippen LogP contribution in [-0.4, -0.2) is 20.4 Å². The molecule has 128 valence electrons. The van der Waals surface area contributed by atoms with Crippen LogP contribution < -0.4 is 5.32 Å². The van der Waals surface area contributed by atoms with Crippen molar-refractivity contribution < 1.29 is 18.0 Å². The van der Waals surface area contributed by atoms with E-state index in [2.05, 4.69) is 15.3 Å². The number of aromatic nitrogens is 3. The lowest BCUT2D eigenvalue weighted by Gasteiger charge is -2.08. The van der Waals surface area contributed by atoms with E-state index in [9.17, 15) is 18.0 Å². The van der Waals surface area contributed by atoms with Crippen LogP contribution in [0.3, 0.4) is 0 Å². The highest BCUT2D eigenvalue weighted by molar-refractivity contribution is 6.02. The number of pyridine rings is 1. The van der Waals surface area contributed by atoms with Crippen molar-refractivity contribution in [1.82, 2.24) is 14.5 Å². The fourth-order valence-corrected chi connectivity index (χ4v) is 2.21. The van der Waals surface area contributed by atoms with Crippen molar-refractivity contribution in [3.63, 3.8) is 0 Å². The van der Waals surface area contributed by atoms with Crippen LogP contribution in [-0.2, 0) is 6.18 Å². The highest BCUT2D eigenvalue weighted by Crippen LogP contribution is 2.30. The second kappa shape index (κ2) is 6.39. The number of rotatable bonds is 3. The Labute approximate surface area is 141 Å². The lowest BCUT2D eigenvalue weighted by molar-refractivity contribution is -0.137. The summed E-state index contributed by atoms with van der Waals surface area (Å²) in [4.78, 5) is 20.2. The van der Waals surface area contributed by atoms with Crippen molar-refractivity contribution in [2.75, 3.05) is 5.32 Å². The van der Waals surface area contributed by atoms with Crippen molar-refractivity contribution in [3.8, 4) is 5.69 Å². The van der Waals surface area contributed by atoms with Gasteiger partial charge in [0, 0.05) is 18.1 Å². The summed E-state index contributed by atoms with van der Waals surface area (Å²) in [7, 11) is 0. The van der Waals surface area contributed by atoms with Crippen LogP contribution in [0.5, 0.6) is 0 Å². The molecule has 0 saturated carbocycles. The summed E-state index contributed by atoms with van der Waals surface area (Å²) < 4.78 is 39.7. The fraction of sp³-hybridized carbons (Fsp3) is 0.118. The first-order chi connectivity index (χ1) is 11.8. The van der Waals surface area contributed by atoms with E-state index in [1.54, 1.807) is 18.3 Å². The van der Waals surface area contributed by atoms with Gasteiger partial charge >= 0.3 is 6.18 Å². The van der Waals surface area contributed by atoms with Gasteiger partial charge in [-0.05, 0) is 42.8 Å². The third-order valence-electron chi connectivity index (χ3n) is 3.44. The molecule has 0 atom stereocenters. The number of imidazole rings is 1. The van der Waals surface area contributed by atoms with E-state index in [0.29, 0.717) is 5.82 Å². The summed E-state index contributed by atoms with van der Waals surface area (Å²) in [5, 5.41) is 2.59. The minimum Gasteiger partial charge on any atom is -0.305 e. The summed E-state index contributed by atoms with van der Waals surface area (Å²) in [5.74, 6) is -0.123. The van der Waals surface area contributed by atoms with E-state index in [-0.39, 0.29) is 11.4 Å². The Hall–Kier alpha value is -3.16. The van der Waals surface area contributed by atoms with E-state index >= 15 is 0 Å². The zero-order valence-electron chi connectivity index (χ0n) is 13.1. The van der Waals surface area contributed by atoms with Gasteiger partial charge in [-0.25, -0.2) is 9.97 Å². The molecule has 0 aliphatic rings. The molecule has 0 aliphatic carbocycles. The number of aryl methyl sites for hydroxylation is 1. The maximum absolute atomic E-state index is 12.8. The van der Waals surface area contributed by atoms with Crippen LogP contribution in [0.15, 0.2) is 55.1 Å². The van der Waals surface area contributed by atoms with Crippen molar-refractivity contribution in [2.24, 2.45) is 0 Å². The molecular weight excluding hydrogens is 333 g/mol. The molecule has 5 nitrogen and oxygen atoms in total. The third kappa shape index (κ3) is 3.85. The van der Waals surface area contributed by atoms with Crippen LogP contribution in [0.25, 0.3) is 5.69 Å². The van der Waals surface area contributed by atoms with Crippen molar-refractivity contribution in [3.05, 3.63) is 71.9 Å². The molecule has 3 aromatic rings. The van der Waals surface area contributed by atoms with E-state index in [0.717, 1.165) is 17.7 Å². The molecule has 0 radical (unpaired) electrons. The molecule has 2 heterocycles. The van der Waals surface area contributed by atoms with Gasteiger partial charge in [0.25, 0.3) is 5.91 Å². The average molecular weight is 346 g/mol. The Kier molecular flexibility index (Phi) is 4.26. The predicted molar refractivity (Wildman–Crippen MR) is 85.5 cm³/mol. The molecule has 0 bridgehead atoms. The SMILES string of the molecule is Cc1ccnc(NC(=O)c2cn(-c3cccc(C(F)(F)F)c3)cn2)c1. The average Bonchev–Trinajstić information content (AvgIpc) is 3.04. The number of amides is 1. The molecule has 1 N–H and O–H groups in total. The lowest BCUT2D eigenvalue weighted by atomic mass is 10.2. The zero-order valence-corrected chi connectivity index (χ0v) is 13.1. The summed E-state index contributed by atoms with van der Waals surface area (Å²) in [6.07, 6.45) is -0.228. The summed E-state index contributed by atoms with van der Waals surface area (Å²) >= 11 is 0. The second-order valence-electron chi connectivity index (χ2n) is 5.39. The molecule has 8 heteroatoms.